The van der Waals surface area contributed by atoms with E-state index < -0.39 is 22.8 Å². The van der Waals surface area contributed by atoms with Crippen LogP contribution in [0.1, 0.15) is 40.7 Å². The zero-order valence-corrected chi connectivity index (χ0v) is 18.8. The summed E-state index contributed by atoms with van der Waals surface area (Å²) in [6.07, 6.45) is 6.54. The van der Waals surface area contributed by atoms with Gasteiger partial charge in [0.15, 0.2) is 5.60 Å². The molecule has 0 bridgehead atoms. The predicted octanol–water partition coefficient (Wildman–Crippen LogP) is 3.89. The maximum atomic E-state index is 15.5. The van der Waals surface area contributed by atoms with Crippen molar-refractivity contribution in [3.8, 4) is 5.69 Å². The molecule has 2 aliphatic heterocycles. The summed E-state index contributed by atoms with van der Waals surface area (Å²) in [6, 6.07) is 14.5. The number of carbonyl (C=O) groups excluding carboxylic acids is 2. The zero-order chi connectivity index (χ0) is 23.8. The van der Waals surface area contributed by atoms with Crippen LogP contribution in [-0.4, -0.2) is 44.4 Å². The average Bonchev–Trinajstić information content (AvgIpc) is 3.26. The van der Waals surface area contributed by atoms with Gasteiger partial charge >= 0.3 is 5.97 Å². The number of hydrogen-bond donors (Lipinski definition) is 0. The van der Waals surface area contributed by atoms with E-state index in [9.17, 15) is 9.59 Å². The van der Waals surface area contributed by atoms with Crippen LogP contribution in [0.3, 0.4) is 0 Å². The Morgan fingerprint density at radius 3 is 2.74 bits per heavy atom. The van der Waals surface area contributed by atoms with Crippen LogP contribution >= 0.6 is 0 Å². The van der Waals surface area contributed by atoms with Gasteiger partial charge in [-0.15, -0.1) is 0 Å². The summed E-state index contributed by atoms with van der Waals surface area (Å²) >= 11 is 0. The molecule has 1 amide bonds. The molecule has 3 aliphatic rings. The molecular formula is C27H21FN4O3. The van der Waals surface area contributed by atoms with Crippen molar-refractivity contribution in [2.24, 2.45) is 0 Å². The Morgan fingerprint density at radius 1 is 1.06 bits per heavy atom. The number of ether oxygens (including phenoxy) is 1. The van der Waals surface area contributed by atoms with E-state index in [2.05, 4.69) is 9.97 Å². The summed E-state index contributed by atoms with van der Waals surface area (Å²) in [5, 5.41) is 0. The minimum Gasteiger partial charge on any atom is -0.449 e. The van der Waals surface area contributed by atoms with Crippen molar-refractivity contribution in [2.75, 3.05) is 13.1 Å². The van der Waals surface area contributed by atoms with Crippen molar-refractivity contribution < 1.29 is 18.7 Å². The first-order chi connectivity index (χ1) is 17.0. The largest absolute Gasteiger partial charge is 0.449 e. The standard InChI is InChI=1S/C27H21FN4O3/c28-21-13-17(32-16-30-22-3-1-2-4-23(22)32)5-6-20(21)26(8-9-26)25(34)31-12-10-27(15-31)19-7-11-29-14-18(19)24(33)35-27/h1-7,11,13-14,16H,8-10,12,15H2. The van der Waals surface area contributed by atoms with Gasteiger partial charge < -0.3 is 9.64 Å². The molecule has 7 nitrogen and oxygen atoms in total. The van der Waals surface area contributed by atoms with Crippen LogP contribution in [0, 0.1) is 5.82 Å². The maximum absolute atomic E-state index is 15.5. The van der Waals surface area contributed by atoms with E-state index >= 15 is 4.39 Å². The number of imidazole rings is 1. The van der Waals surface area contributed by atoms with Crippen LogP contribution in [0.25, 0.3) is 16.7 Å². The zero-order valence-electron chi connectivity index (χ0n) is 18.8. The second-order valence-electron chi connectivity index (χ2n) is 9.63. The number of nitrogens with zero attached hydrogens (tertiary/aromatic N) is 4. The SMILES string of the molecule is O=C1OC2(CCN(C(=O)C3(c4ccc(-n5cnc6ccccc65)cc4F)CC3)C2)c2ccncc21. The Labute approximate surface area is 200 Å². The van der Waals surface area contributed by atoms with Crippen LogP contribution in [0.15, 0.2) is 67.3 Å². The average molecular weight is 468 g/mol. The predicted molar refractivity (Wildman–Crippen MR) is 124 cm³/mol. The molecule has 1 atom stereocenters. The number of carbonyl (C=O) groups is 2. The molecule has 2 aromatic heterocycles. The normalized spacial score (nSPS) is 22.0. The molecule has 1 aliphatic carbocycles. The number of benzene rings is 2. The summed E-state index contributed by atoms with van der Waals surface area (Å²) in [7, 11) is 0. The molecule has 1 unspecified atom stereocenters. The van der Waals surface area contributed by atoms with Crippen LogP contribution in [-0.2, 0) is 20.5 Å². The van der Waals surface area contributed by atoms with Crippen molar-refractivity contribution in [2.45, 2.75) is 30.3 Å². The number of likely N-dealkylation sites (tertiary alicyclic amines) is 1. The Balaban J connectivity index is 1.18. The highest BCUT2D eigenvalue weighted by atomic mass is 19.1. The third-order valence-electron chi connectivity index (χ3n) is 7.70. The molecular weight excluding hydrogens is 447 g/mol. The highest BCUT2D eigenvalue weighted by Gasteiger charge is 2.58. The molecule has 1 saturated heterocycles. The van der Waals surface area contributed by atoms with Gasteiger partial charge in [-0.3, -0.25) is 14.3 Å². The molecule has 174 valence electrons. The monoisotopic (exact) mass is 468 g/mol. The van der Waals surface area contributed by atoms with Gasteiger partial charge in [0.25, 0.3) is 0 Å². The van der Waals surface area contributed by atoms with Gasteiger partial charge in [-0.2, -0.15) is 0 Å². The Kier molecular flexibility index (Phi) is 4.05. The fourth-order valence-electron chi connectivity index (χ4n) is 5.73. The molecule has 1 saturated carbocycles. The Hall–Kier alpha value is -4.07. The van der Waals surface area contributed by atoms with E-state index in [4.69, 9.17) is 4.74 Å². The number of rotatable bonds is 3. The summed E-state index contributed by atoms with van der Waals surface area (Å²) < 4.78 is 23.1. The first-order valence-electron chi connectivity index (χ1n) is 11.7. The van der Waals surface area contributed by atoms with E-state index in [0.717, 1.165) is 16.6 Å². The van der Waals surface area contributed by atoms with E-state index in [-0.39, 0.29) is 12.5 Å². The van der Waals surface area contributed by atoms with Crippen LogP contribution < -0.4 is 0 Å². The van der Waals surface area contributed by atoms with Crippen molar-refractivity contribution in [3.63, 3.8) is 0 Å². The van der Waals surface area contributed by atoms with Gasteiger partial charge in [0.1, 0.15) is 12.1 Å². The van der Waals surface area contributed by atoms with Gasteiger partial charge in [-0.1, -0.05) is 18.2 Å². The fraction of sp³-hybridized carbons (Fsp3) is 0.259. The van der Waals surface area contributed by atoms with Crippen molar-refractivity contribution in [1.82, 2.24) is 19.4 Å². The van der Waals surface area contributed by atoms with E-state index in [0.29, 0.717) is 42.6 Å². The third kappa shape index (κ3) is 2.82. The number of halogens is 1. The van der Waals surface area contributed by atoms with Crippen LogP contribution in [0.2, 0.25) is 0 Å². The number of aromatic nitrogens is 3. The minimum absolute atomic E-state index is 0.104. The van der Waals surface area contributed by atoms with Gasteiger partial charge in [-0.25, -0.2) is 14.2 Å². The van der Waals surface area contributed by atoms with E-state index in [1.807, 2.05) is 34.9 Å². The molecule has 0 radical (unpaired) electrons. The fourth-order valence-corrected chi connectivity index (χ4v) is 5.73. The van der Waals surface area contributed by atoms with Crippen molar-refractivity contribution >= 4 is 22.9 Å². The number of esters is 1. The number of fused-ring (bicyclic) bond motifs is 3. The lowest BCUT2D eigenvalue weighted by molar-refractivity contribution is -0.134. The molecule has 8 heteroatoms. The first-order valence-corrected chi connectivity index (χ1v) is 11.7. The second-order valence-corrected chi connectivity index (χ2v) is 9.63. The summed E-state index contributed by atoms with van der Waals surface area (Å²) in [6.45, 7) is 0.730. The molecule has 1 spiro atoms. The first kappa shape index (κ1) is 20.3. The minimum atomic E-state index is -0.866. The molecule has 0 N–H and O–H groups in total. The van der Waals surface area contributed by atoms with Crippen LogP contribution in [0.4, 0.5) is 4.39 Å². The number of amides is 1. The lowest BCUT2D eigenvalue weighted by Crippen LogP contribution is -2.40. The number of hydrogen-bond acceptors (Lipinski definition) is 5. The Morgan fingerprint density at radius 2 is 1.91 bits per heavy atom. The van der Waals surface area contributed by atoms with Crippen LogP contribution in [0.5, 0.6) is 0 Å². The van der Waals surface area contributed by atoms with Gasteiger partial charge in [0.2, 0.25) is 5.91 Å². The number of para-hydroxylation sites is 2. The molecule has 2 fully saturated rings. The smallest absolute Gasteiger partial charge is 0.341 e. The lowest BCUT2D eigenvalue weighted by Gasteiger charge is -2.27. The number of pyridine rings is 1. The highest BCUT2D eigenvalue weighted by molar-refractivity contribution is 5.95. The van der Waals surface area contributed by atoms with Gasteiger partial charge in [0, 0.05) is 36.5 Å². The summed E-state index contributed by atoms with van der Waals surface area (Å²) in [4.78, 5) is 36.2. The second kappa shape index (κ2) is 6.97. The maximum Gasteiger partial charge on any atom is 0.341 e. The highest BCUT2D eigenvalue weighted by Crippen LogP contribution is 2.52. The van der Waals surface area contributed by atoms with Crippen molar-refractivity contribution in [1.29, 1.82) is 0 Å². The van der Waals surface area contributed by atoms with E-state index in [1.54, 1.807) is 29.6 Å². The summed E-state index contributed by atoms with van der Waals surface area (Å²) in [5.41, 5.74) is 2.33. The molecule has 4 aromatic rings. The molecule has 2 aromatic carbocycles. The molecule has 7 rings (SSSR count). The topological polar surface area (TPSA) is 77.3 Å². The molecule has 35 heavy (non-hydrogen) atoms. The summed E-state index contributed by atoms with van der Waals surface area (Å²) in [5.74, 6) is -0.909. The molecule has 4 heterocycles. The lowest BCUT2D eigenvalue weighted by atomic mass is 9.92. The third-order valence-corrected chi connectivity index (χ3v) is 7.70. The van der Waals surface area contributed by atoms with E-state index in [1.165, 1.54) is 12.3 Å². The van der Waals surface area contributed by atoms with Gasteiger partial charge in [-0.05, 0) is 43.2 Å². The van der Waals surface area contributed by atoms with Crippen molar-refractivity contribution in [3.05, 3.63) is 89.8 Å². The van der Waals surface area contributed by atoms with Gasteiger partial charge in [0.05, 0.1) is 34.2 Å². The quantitative estimate of drug-likeness (QED) is 0.427. The Bertz CT molecular complexity index is 1540.